The molecule has 0 radical (unpaired) electrons. The van der Waals surface area contributed by atoms with Crippen LogP contribution in [0, 0.1) is 0 Å². The maximum absolute atomic E-state index is 12.4. The first-order chi connectivity index (χ1) is 26.3. The van der Waals surface area contributed by atoms with E-state index in [1.54, 1.807) is 0 Å². The van der Waals surface area contributed by atoms with E-state index in [1.807, 2.05) is 12.2 Å². The number of ether oxygens (including phenoxy) is 2. The molecule has 0 aromatic rings. The van der Waals surface area contributed by atoms with Crippen molar-refractivity contribution in [1.82, 2.24) is 0 Å². The van der Waals surface area contributed by atoms with Gasteiger partial charge in [-0.3, -0.25) is 14.1 Å². The van der Waals surface area contributed by atoms with Gasteiger partial charge < -0.3 is 19.3 Å². The van der Waals surface area contributed by atoms with E-state index in [1.165, 1.54) is 25.7 Å². The third-order valence-electron chi connectivity index (χ3n) is 7.79. The second-order valence-corrected chi connectivity index (χ2v) is 14.1. The summed E-state index contributed by atoms with van der Waals surface area (Å²) >= 11 is 0. The molecule has 0 rings (SSSR count). The van der Waals surface area contributed by atoms with Crippen LogP contribution in [0.3, 0.4) is 0 Å². The average Bonchev–Trinajstić information content (AvgIpc) is 3.14. The van der Waals surface area contributed by atoms with E-state index in [0.717, 1.165) is 77.0 Å². The van der Waals surface area contributed by atoms with E-state index < -0.39 is 32.5 Å². The SMILES string of the molecule is CC/C=C\C/C=C\C/C=C\C/C=C\C/C=C\C/C=C\CCC(=O)OC[C@H](COP(=O)(O)O)OC(=O)CCCCCC/C=C\C/C=C\C/C=C\CCCCC. The fourth-order valence-corrected chi connectivity index (χ4v) is 5.18. The summed E-state index contributed by atoms with van der Waals surface area (Å²) in [4.78, 5) is 42.8. The number of phosphoric acid groups is 1. The Bertz CT molecular complexity index is 1230. The molecule has 0 unspecified atom stereocenters. The predicted octanol–water partition coefficient (Wildman–Crippen LogP) is 12.4. The monoisotopic (exact) mass is 770 g/mol. The quantitative estimate of drug-likeness (QED) is 0.0283. The van der Waals surface area contributed by atoms with Gasteiger partial charge in [0.1, 0.15) is 6.61 Å². The van der Waals surface area contributed by atoms with Gasteiger partial charge >= 0.3 is 19.8 Å². The Labute approximate surface area is 327 Å². The van der Waals surface area contributed by atoms with Crippen LogP contribution in [0.1, 0.15) is 142 Å². The standard InChI is InChI=1S/C45H71O8P/c1-3-5-7-9-11-13-15-17-19-21-22-24-25-27-29-31-33-35-37-39-44(46)51-41-43(42-52-54(48,49)50)53-45(47)40-38-36-34-32-30-28-26-23-20-18-16-14-12-10-8-6-4-2/h5,7,11-14,17-20,22,24,26-29,33,35,43H,3-4,6,8-10,15-16,21,23,25,30-32,34,36-42H2,1-2H3,(H2,48,49,50)/b7-5-,13-11-,14-12-,19-17-,20-18-,24-22-,28-26-,29-27-,35-33-/t43-/m1/s1. The fourth-order valence-electron chi connectivity index (χ4n) is 4.82. The van der Waals surface area contributed by atoms with Gasteiger partial charge in [-0.25, -0.2) is 4.57 Å². The number of carbonyl (C=O) groups excluding carboxylic acids is 2. The molecule has 2 N–H and O–H groups in total. The van der Waals surface area contributed by atoms with E-state index in [9.17, 15) is 14.2 Å². The van der Waals surface area contributed by atoms with Crippen LogP contribution < -0.4 is 0 Å². The molecule has 8 nitrogen and oxygen atoms in total. The van der Waals surface area contributed by atoms with Crippen molar-refractivity contribution in [3.63, 3.8) is 0 Å². The highest BCUT2D eigenvalue weighted by atomic mass is 31.2. The molecule has 54 heavy (non-hydrogen) atoms. The second kappa shape index (κ2) is 39.4. The molecule has 0 heterocycles. The topological polar surface area (TPSA) is 119 Å². The van der Waals surface area contributed by atoms with Gasteiger partial charge in [0.2, 0.25) is 0 Å². The van der Waals surface area contributed by atoms with E-state index in [0.29, 0.717) is 12.8 Å². The van der Waals surface area contributed by atoms with E-state index in [4.69, 9.17) is 19.3 Å². The van der Waals surface area contributed by atoms with Gasteiger partial charge in [0.05, 0.1) is 6.61 Å². The lowest BCUT2D eigenvalue weighted by molar-refractivity contribution is -0.161. The molecule has 0 aromatic heterocycles. The summed E-state index contributed by atoms with van der Waals surface area (Å²) in [5.41, 5.74) is 0. The largest absolute Gasteiger partial charge is 0.469 e. The average molecular weight is 771 g/mol. The molecule has 9 heteroatoms. The Kier molecular flexibility index (Phi) is 37.0. The van der Waals surface area contributed by atoms with Gasteiger partial charge in [-0.2, -0.15) is 0 Å². The third-order valence-corrected chi connectivity index (χ3v) is 8.27. The first kappa shape index (κ1) is 50.7. The summed E-state index contributed by atoms with van der Waals surface area (Å²) in [5.74, 6) is -1.02. The van der Waals surface area contributed by atoms with Crippen molar-refractivity contribution in [2.24, 2.45) is 0 Å². The van der Waals surface area contributed by atoms with Crippen LogP contribution in [0.2, 0.25) is 0 Å². The Morgan fingerprint density at radius 1 is 0.500 bits per heavy atom. The third kappa shape index (κ3) is 41.5. The van der Waals surface area contributed by atoms with Crippen LogP contribution >= 0.6 is 7.82 Å². The highest BCUT2D eigenvalue weighted by molar-refractivity contribution is 7.46. The summed E-state index contributed by atoms with van der Waals surface area (Å²) in [6, 6.07) is 0. The van der Waals surface area contributed by atoms with E-state index in [2.05, 4.69) is 116 Å². The molecule has 0 saturated heterocycles. The molecule has 304 valence electrons. The van der Waals surface area contributed by atoms with Crippen molar-refractivity contribution in [1.29, 1.82) is 0 Å². The summed E-state index contributed by atoms with van der Waals surface area (Å²) in [6.07, 6.45) is 55.3. The maximum Gasteiger partial charge on any atom is 0.469 e. The molecule has 0 aromatic carbocycles. The number of hydrogen-bond donors (Lipinski definition) is 2. The van der Waals surface area contributed by atoms with Crippen LogP contribution in [0.4, 0.5) is 0 Å². The Balaban J connectivity index is 4.15. The lowest BCUT2D eigenvalue weighted by Crippen LogP contribution is -2.29. The van der Waals surface area contributed by atoms with Crippen LogP contribution in [0.25, 0.3) is 0 Å². The second-order valence-electron chi connectivity index (χ2n) is 12.9. The smallest absolute Gasteiger partial charge is 0.462 e. The Morgan fingerprint density at radius 3 is 1.39 bits per heavy atom. The molecule has 0 aliphatic heterocycles. The molecule has 0 aliphatic rings. The minimum atomic E-state index is -4.78. The molecule has 0 spiro atoms. The molecular formula is C45H71O8P. The van der Waals surface area contributed by atoms with Gasteiger partial charge in [0, 0.05) is 12.8 Å². The summed E-state index contributed by atoms with van der Waals surface area (Å²) in [6.45, 7) is 3.44. The first-order valence-corrected chi connectivity index (χ1v) is 21.7. The lowest BCUT2D eigenvalue weighted by Gasteiger charge is -2.18. The Hall–Kier alpha value is -3.29. The number of rotatable bonds is 35. The van der Waals surface area contributed by atoms with Crippen LogP contribution in [-0.2, 0) is 28.2 Å². The maximum atomic E-state index is 12.4. The van der Waals surface area contributed by atoms with Gasteiger partial charge in [0.15, 0.2) is 6.10 Å². The zero-order chi connectivity index (χ0) is 39.6. The summed E-state index contributed by atoms with van der Waals surface area (Å²) in [7, 11) is -4.78. The zero-order valence-electron chi connectivity index (χ0n) is 33.3. The van der Waals surface area contributed by atoms with Gasteiger partial charge in [-0.05, 0) is 89.9 Å². The van der Waals surface area contributed by atoms with Crippen molar-refractivity contribution in [3.05, 3.63) is 109 Å². The van der Waals surface area contributed by atoms with Crippen molar-refractivity contribution < 1.29 is 37.9 Å². The molecule has 1 atom stereocenters. The van der Waals surface area contributed by atoms with Crippen molar-refractivity contribution in [2.75, 3.05) is 13.2 Å². The molecule has 0 bridgehead atoms. The summed E-state index contributed by atoms with van der Waals surface area (Å²) < 4.78 is 26.3. The number of unbranched alkanes of at least 4 members (excludes halogenated alkanes) is 7. The van der Waals surface area contributed by atoms with Crippen LogP contribution in [0.15, 0.2) is 109 Å². The van der Waals surface area contributed by atoms with E-state index >= 15 is 0 Å². The normalized spacial score (nSPS) is 13.6. The first-order valence-electron chi connectivity index (χ1n) is 20.2. The van der Waals surface area contributed by atoms with E-state index in [-0.39, 0.29) is 19.4 Å². The summed E-state index contributed by atoms with van der Waals surface area (Å²) in [5, 5.41) is 0. The zero-order valence-corrected chi connectivity index (χ0v) is 34.2. The number of esters is 2. The number of hydrogen-bond acceptors (Lipinski definition) is 6. The minimum absolute atomic E-state index is 0.130. The predicted molar refractivity (Wildman–Crippen MR) is 225 cm³/mol. The van der Waals surface area contributed by atoms with Crippen molar-refractivity contribution >= 4 is 19.8 Å². The lowest BCUT2D eigenvalue weighted by atomic mass is 10.1. The van der Waals surface area contributed by atoms with Crippen LogP contribution in [0.5, 0.6) is 0 Å². The number of carbonyl (C=O) groups is 2. The molecular weight excluding hydrogens is 699 g/mol. The number of allylic oxidation sites excluding steroid dienone is 18. The fraction of sp³-hybridized carbons (Fsp3) is 0.556. The highest BCUT2D eigenvalue weighted by Gasteiger charge is 2.22. The molecule has 0 fully saturated rings. The van der Waals surface area contributed by atoms with Crippen molar-refractivity contribution in [3.8, 4) is 0 Å². The minimum Gasteiger partial charge on any atom is -0.462 e. The molecule has 0 saturated carbocycles. The van der Waals surface area contributed by atoms with Gasteiger partial charge in [-0.1, -0.05) is 149 Å². The molecule has 0 amide bonds. The van der Waals surface area contributed by atoms with Crippen molar-refractivity contribution in [2.45, 2.75) is 148 Å². The number of phosphoric ester groups is 1. The van der Waals surface area contributed by atoms with Crippen LogP contribution in [-0.4, -0.2) is 41.0 Å². The van der Waals surface area contributed by atoms with Gasteiger partial charge in [-0.15, -0.1) is 0 Å². The highest BCUT2D eigenvalue weighted by Crippen LogP contribution is 2.35. The Morgan fingerprint density at radius 2 is 0.926 bits per heavy atom. The molecule has 0 aliphatic carbocycles. The van der Waals surface area contributed by atoms with Gasteiger partial charge in [0.25, 0.3) is 0 Å².